The first kappa shape index (κ1) is 18.7. The lowest BCUT2D eigenvalue weighted by Gasteiger charge is -2.12. The summed E-state index contributed by atoms with van der Waals surface area (Å²) in [7, 11) is 1.67. The number of amides is 1. The molecule has 5 nitrogen and oxygen atoms in total. The van der Waals surface area contributed by atoms with E-state index >= 15 is 0 Å². The number of rotatable bonds is 6. The predicted octanol–water partition coefficient (Wildman–Crippen LogP) is 1.63. The maximum absolute atomic E-state index is 13.1. The van der Waals surface area contributed by atoms with Crippen LogP contribution >= 0.6 is 24.0 Å². The summed E-state index contributed by atoms with van der Waals surface area (Å²) in [4.78, 5) is 15.5. The summed E-state index contributed by atoms with van der Waals surface area (Å²) >= 11 is 0. The monoisotopic (exact) mass is 420 g/mol. The number of hydrogen-bond donors (Lipinski definition) is 3. The second kappa shape index (κ2) is 9.60. The third-order valence-corrected chi connectivity index (χ3v) is 3.24. The minimum Gasteiger partial charge on any atom is -0.355 e. The first-order valence-electron chi connectivity index (χ1n) is 7.15. The van der Waals surface area contributed by atoms with Gasteiger partial charge in [-0.3, -0.25) is 9.79 Å². The minimum atomic E-state index is -0.250. The molecule has 0 unspecified atom stereocenters. The number of benzene rings is 1. The molecule has 0 spiro atoms. The lowest BCUT2D eigenvalue weighted by Crippen LogP contribution is -2.41. The SMILES string of the molecule is CN=C(NCCNC(=O)C1CC1)NCc1cccc(F)c1.I. The Balaban J connectivity index is 0.00000242. The fourth-order valence-electron chi connectivity index (χ4n) is 1.91. The van der Waals surface area contributed by atoms with Crippen LogP contribution in [-0.4, -0.2) is 32.0 Å². The predicted molar refractivity (Wildman–Crippen MR) is 95.8 cm³/mol. The molecule has 1 aromatic carbocycles. The molecule has 0 aromatic heterocycles. The van der Waals surface area contributed by atoms with Crippen LogP contribution in [0.25, 0.3) is 0 Å². The highest BCUT2D eigenvalue weighted by Gasteiger charge is 2.28. The molecule has 0 atom stereocenters. The molecule has 0 heterocycles. The number of nitrogens with one attached hydrogen (secondary N) is 3. The molecule has 22 heavy (non-hydrogen) atoms. The maximum atomic E-state index is 13.1. The lowest BCUT2D eigenvalue weighted by atomic mass is 10.2. The summed E-state index contributed by atoms with van der Waals surface area (Å²) in [6, 6.07) is 6.42. The van der Waals surface area contributed by atoms with Crippen molar-refractivity contribution in [3.63, 3.8) is 0 Å². The van der Waals surface area contributed by atoms with Crippen molar-refractivity contribution < 1.29 is 9.18 Å². The normalized spacial score (nSPS) is 14.0. The Kier molecular flexibility index (Phi) is 8.15. The van der Waals surface area contributed by atoms with Gasteiger partial charge in [0.1, 0.15) is 5.82 Å². The van der Waals surface area contributed by atoms with Crippen LogP contribution in [0.2, 0.25) is 0 Å². The summed E-state index contributed by atoms with van der Waals surface area (Å²) in [5, 5.41) is 9.07. The zero-order valence-electron chi connectivity index (χ0n) is 12.6. The molecule has 0 saturated heterocycles. The van der Waals surface area contributed by atoms with Crippen LogP contribution in [0.5, 0.6) is 0 Å². The molecule has 3 N–H and O–H groups in total. The van der Waals surface area contributed by atoms with Gasteiger partial charge in [0.2, 0.25) is 5.91 Å². The highest BCUT2D eigenvalue weighted by atomic mass is 127. The third-order valence-electron chi connectivity index (χ3n) is 3.24. The second-order valence-corrected chi connectivity index (χ2v) is 5.05. The molecule has 1 aromatic rings. The van der Waals surface area contributed by atoms with Gasteiger partial charge in [-0.25, -0.2) is 4.39 Å². The number of halogens is 2. The molecule has 0 bridgehead atoms. The van der Waals surface area contributed by atoms with Gasteiger partial charge in [0.15, 0.2) is 5.96 Å². The number of carbonyl (C=O) groups is 1. The summed E-state index contributed by atoms with van der Waals surface area (Å²) in [5.74, 6) is 0.745. The van der Waals surface area contributed by atoms with Crippen LogP contribution in [0.15, 0.2) is 29.3 Å². The molecule has 2 rings (SSSR count). The van der Waals surface area contributed by atoms with Crippen LogP contribution in [0.4, 0.5) is 4.39 Å². The molecule has 1 fully saturated rings. The molecule has 1 aliphatic rings. The van der Waals surface area contributed by atoms with E-state index in [9.17, 15) is 9.18 Å². The average Bonchev–Trinajstić information content (AvgIpc) is 3.31. The molecule has 1 aliphatic carbocycles. The highest BCUT2D eigenvalue weighted by molar-refractivity contribution is 14.0. The van der Waals surface area contributed by atoms with E-state index in [2.05, 4.69) is 20.9 Å². The first-order valence-corrected chi connectivity index (χ1v) is 7.15. The number of guanidine groups is 1. The van der Waals surface area contributed by atoms with Gasteiger partial charge in [-0.2, -0.15) is 0 Å². The quantitative estimate of drug-likeness (QED) is 0.284. The van der Waals surface area contributed by atoms with E-state index in [4.69, 9.17) is 0 Å². The van der Waals surface area contributed by atoms with E-state index in [0.29, 0.717) is 25.6 Å². The Morgan fingerprint density at radius 2 is 2.00 bits per heavy atom. The van der Waals surface area contributed by atoms with Gasteiger partial charge in [0.25, 0.3) is 0 Å². The zero-order valence-corrected chi connectivity index (χ0v) is 14.9. The molecule has 1 amide bonds. The lowest BCUT2D eigenvalue weighted by molar-refractivity contribution is -0.122. The van der Waals surface area contributed by atoms with Gasteiger partial charge in [-0.05, 0) is 30.5 Å². The first-order chi connectivity index (χ1) is 10.2. The molecular weight excluding hydrogens is 398 g/mol. The average molecular weight is 420 g/mol. The summed E-state index contributed by atoms with van der Waals surface area (Å²) in [6.07, 6.45) is 2.02. The number of hydrogen-bond acceptors (Lipinski definition) is 2. The topological polar surface area (TPSA) is 65.5 Å². The fourth-order valence-corrected chi connectivity index (χ4v) is 1.91. The molecule has 0 aliphatic heterocycles. The second-order valence-electron chi connectivity index (χ2n) is 5.05. The van der Waals surface area contributed by atoms with E-state index in [1.165, 1.54) is 12.1 Å². The third kappa shape index (κ3) is 6.59. The Morgan fingerprint density at radius 3 is 2.64 bits per heavy atom. The zero-order chi connectivity index (χ0) is 15.1. The van der Waals surface area contributed by atoms with Crippen LogP contribution < -0.4 is 16.0 Å². The smallest absolute Gasteiger partial charge is 0.223 e. The standard InChI is InChI=1S/C15H21FN4O.HI/c1-17-15(19-8-7-18-14(21)12-5-6-12)20-10-11-3-2-4-13(16)9-11;/h2-4,9,12H,5-8,10H2,1H3,(H,18,21)(H2,17,19,20);1H. The van der Waals surface area contributed by atoms with Crippen molar-refractivity contribution in [2.75, 3.05) is 20.1 Å². The number of carbonyl (C=O) groups excluding carboxylic acids is 1. The van der Waals surface area contributed by atoms with Crippen molar-refractivity contribution in [3.8, 4) is 0 Å². The van der Waals surface area contributed by atoms with Crippen LogP contribution in [0.1, 0.15) is 18.4 Å². The Morgan fingerprint density at radius 1 is 1.27 bits per heavy atom. The van der Waals surface area contributed by atoms with Crippen molar-refractivity contribution in [1.82, 2.24) is 16.0 Å². The minimum absolute atomic E-state index is 0. The van der Waals surface area contributed by atoms with Gasteiger partial charge < -0.3 is 16.0 Å². The van der Waals surface area contributed by atoms with Gasteiger partial charge in [-0.15, -0.1) is 24.0 Å². The Labute approximate surface area is 147 Å². The van der Waals surface area contributed by atoms with Gasteiger partial charge >= 0.3 is 0 Å². The van der Waals surface area contributed by atoms with Crippen LogP contribution in [0.3, 0.4) is 0 Å². The number of nitrogens with zero attached hydrogens (tertiary/aromatic N) is 1. The van der Waals surface area contributed by atoms with E-state index in [-0.39, 0.29) is 41.6 Å². The van der Waals surface area contributed by atoms with Gasteiger partial charge in [-0.1, -0.05) is 12.1 Å². The van der Waals surface area contributed by atoms with Gasteiger partial charge in [0.05, 0.1) is 0 Å². The molecule has 7 heteroatoms. The molecule has 122 valence electrons. The van der Waals surface area contributed by atoms with E-state index in [1.54, 1.807) is 13.1 Å². The van der Waals surface area contributed by atoms with Crippen molar-refractivity contribution in [2.45, 2.75) is 19.4 Å². The fraction of sp³-hybridized carbons (Fsp3) is 0.467. The van der Waals surface area contributed by atoms with E-state index in [1.807, 2.05) is 6.07 Å². The molecule has 0 radical (unpaired) electrons. The number of aliphatic imine (C=N–C) groups is 1. The van der Waals surface area contributed by atoms with Crippen molar-refractivity contribution in [3.05, 3.63) is 35.6 Å². The molecular formula is C15H22FIN4O. The summed E-state index contributed by atoms with van der Waals surface area (Å²) in [5.41, 5.74) is 0.847. The van der Waals surface area contributed by atoms with Crippen molar-refractivity contribution >= 4 is 35.8 Å². The van der Waals surface area contributed by atoms with E-state index in [0.717, 1.165) is 18.4 Å². The Bertz CT molecular complexity index is 520. The van der Waals surface area contributed by atoms with Crippen LogP contribution in [-0.2, 0) is 11.3 Å². The summed E-state index contributed by atoms with van der Waals surface area (Å²) in [6.45, 7) is 1.66. The highest BCUT2D eigenvalue weighted by Crippen LogP contribution is 2.28. The maximum Gasteiger partial charge on any atom is 0.223 e. The van der Waals surface area contributed by atoms with Gasteiger partial charge in [0, 0.05) is 32.6 Å². The van der Waals surface area contributed by atoms with Crippen molar-refractivity contribution in [1.29, 1.82) is 0 Å². The van der Waals surface area contributed by atoms with E-state index < -0.39 is 0 Å². The van der Waals surface area contributed by atoms with Crippen molar-refractivity contribution in [2.24, 2.45) is 10.9 Å². The summed E-state index contributed by atoms with van der Waals surface area (Å²) < 4.78 is 13.1. The largest absolute Gasteiger partial charge is 0.355 e. The van der Waals surface area contributed by atoms with Crippen LogP contribution in [0, 0.1) is 11.7 Å². The molecule has 1 saturated carbocycles. The Hall–Kier alpha value is -1.38.